The zero-order valence-corrected chi connectivity index (χ0v) is 9.98. The number of hydrogen-bond acceptors (Lipinski definition) is 3. The van der Waals surface area contributed by atoms with Gasteiger partial charge in [-0.15, -0.1) is 0 Å². The molecule has 0 bridgehead atoms. The first kappa shape index (κ1) is 12.1. The van der Waals surface area contributed by atoms with E-state index in [2.05, 4.69) is 10.3 Å². The molecule has 1 aromatic carbocycles. The second kappa shape index (κ2) is 5.30. The topological polar surface area (TPSA) is 65.8 Å². The molecule has 5 heteroatoms. The molecule has 0 aliphatic heterocycles. The Morgan fingerprint density at radius 2 is 2.11 bits per heavy atom. The van der Waals surface area contributed by atoms with E-state index in [1.165, 1.54) is 18.5 Å². The molecule has 0 aliphatic rings. The molecule has 1 amide bonds. The molecule has 0 radical (unpaired) electrons. The van der Waals surface area contributed by atoms with Gasteiger partial charge >= 0.3 is 0 Å². The number of carbonyl (C=O) groups is 1. The number of halogens is 1. The highest BCUT2D eigenvalue weighted by Gasteiger charge is 2.12. The van der Waals surface area contributed by atoms with Crippen molar-refractivity contribution in [2.75, 3.05) is 5.32 Å². The van der Waals surface area contributed by atoms with Crippen LogP contribution in [0.5, 0.6) is 0 Å². The quantitative estimate of drug-likeness (QED) is 0.900. The predicted molar refractivity (Wildman–Crippen MR) is 68.4 cm³/mol. The van der Waals surface area contributed by atoms with Gasteiger partial charge < -0.3 is 5.32 Å². The van der Waals surface area contributed by atoms with Crippen LogP contribution >= 0.6 is 11.6 Å². The molecule has 0 atom stereocenters. The van der Waals surface area contributed by atoms with Crippen LogP contribution in [-0.2, 0) is 0 Å². The number of pyridine rings is 1. The van der Waals surface area contributed by atoms with Crippen LogP contribution in [0.1, 0.15) is 15.9 Å². The summed E-state index contributed by atoms with van der Waals surface area (Å²) >= 11 is 5.93. The second-order valence-corrected chi connectivity index (χ2v) is 3.87. The van der Waals surface area contributed by atoms with Crippen molar-refractivity contribution in [3.05, 3.63) is 58.9 Å². The van der Waals surface area contributed by atoms with Gasteiger partial charge in [0, 0.05) is 12.4 Å². The minimum atomic E-state index is -0.409. The minimum absolute atomic E-state index is 0.222. The summed E-state index contributed by atoms with van der Waals surface area (Å²) in [6.07, 6.45) is 2.82. The number of carbonyl (C=O) groups excluding carboxylic acids is 1. The number of anilines is 1. The van der Waals surface area contributed by atoms with E-state index in [1.807, 2.05) is 6.07 Å². The molecule has 0 aliphatic carbocycles. The van der Waals surface area contributed by atoms with E-state index >= 15 is 0 Å². The number of nitriles is 1. The molecule has 4 nitrogen and oxygen atoms in total. The van der Waals surface area contributed by atoms with Crippen molar-refractivity contribution in [2.24, 2.45) is 0 Å². The van der Waals surface area contributed by atoms with Crippen molar-refractivity contribution in [1.29, 1.82) is 5.26 Å². The van der Waals surface area contributed by atoms with E-state index in [0.717, 1.165) is 0 Å². The van der Waals surface area contributed by atoms with Gasteiger partial charge in [-0.3, -0.25) is 9.78 Å². The Balaban J connectivity index is 2.29. The van der Waals surface area contributed by atoms with Crippen LogP contribution < -0.4 is 5.32 Å². The zero-order chi connectivity index (χ0) is 13.0. The third-order valence-electron chi connectivity index (χ3n) is 2.31. The number of hydrogen-bond donors (Lipinski definition) is 1. The second-order valence-electron chi connectivity index (χ2n) is 3.47. The molecule has 2 rings (SSSR count). The predicted octanol–water partition coefficient (Wildman–Crippen LogP) is 2.86. The standard InChI is InChI=1S/C13H8ClN3O/c14-11-3-1-2-4-12(11)17-13(18)10-8-16-6-5-9(10)7-15/h1-6,8H,(H,17,18). The van der Waals surface area contributed by atoms with Crippen LogP contribution in [0.25, 0.3) is 0 Å². The summed E-state index contributed by atoms with van der Waals surface area (Å²) < 4.78 is 0. The van der Waals surface area contributed by atoms with Gasteiger partial charge in [-0.05, 0) is 18.2 Å². The maximum atomic E-state index is 12.0. The fourth-order valence-corrected chi connectivity index (χ4v) is 1.61. The number of para-hydroxylation sites is 1. The summed E-state index contributed by atoms with van der Waals surface area (Å²) in [5, 5.41) is 12.0. The lowest BCUT2D eigenvalue weighted by Gasteiger charge is -2.07. The summed E-state index contributed by atoms with van der Waals surface area (Å²) in [4.78, 5) is 15.8. The molecule has 88 valence electrons. The fraction of sp³-hybridized carbons (Fsp3) is 0. The fourth-order valence-electron chi connectivity index (χ4n) is 1.43. The Bertz CT molecular complexity index is 634. The minimum Gasteiger partial charge on any atom is -0.321 e. The van der Waals surface area contributed by atoms with Crippen molar-refractivity contribution in [3.8, 4) is 6.07 Å². The van der Waals surface area contributed by atoms with Gasteiger partial charge in [-0.2, -0.15) is 5.26 Å². The molecule has 0 saturated heterocycles. The average Bonchev–Trinajstić information content (AvgIpc) is 2.41. The van der Waals surface area contributed by atoms with E-state index in [9.17, 15) is 4.79 Å². The van der Waals surface area contributed by atoms with E-state index < -0.39 is 5.91 Å². The molecule has 0 unspecified atom stereocenters. The largest absolute Gasteiger partial charge is 0.321 e. The molecular formula is C13H8ClN3O. The summed E-state index contributed by atoms with van der Waals surface area (Å²) in [6, 6.07) is 10.3. The highest BCUT2D eigenvalue weighted by atomic mass is 35.5. The molecule has 18 heavy (non-hydrogen) atoms. The van der Waals surface area contributed by atoms with Gasteiger partial charge in [0.1, 0.15) is 6.07 Å². The Kier molecular flexibility index (Phi) is 3.56. The summed E-state index contributed by atoms with van der Waals surface area (Å²) in [6.45, 7) is 0. The van der Waals surface area contributed by atoms with Crippen LogP contribution in [0.3, 0.4) is 0 Å². The van der Waals surface area contributed by atoms with Gasteiger partial charge in [0.25, 0.3) is 5.91 Å². The average molecular weight is 258 g/mol. The number of nitrogens with zero attached hydrogens (tertiary/aromatic N) is 2. The number of benzene rings is 1. The van der Waals surface area contributed by atoms with Gasteiger partial charge in [0.15, 0.2) is 0 Å². The highest BCUT2D eigenvalue weighted by Crippen LogP contribution is 2.21. The lowest BCUT2D eigenvalue weighted by atomic mass is 10.1. The number of rotatable bonds is 2. The lowest BCUT2D eigenvalue weighted by Crippen LogP contribution is -2.14. The van der Waals surface area contributed by atoms with Crippen molar-refractivity contribution >= 4 is 23.2 Å². The van der Waals surface area contributed by atoms with Crippen molar-refractivity contribution in [2.45, 2.75) is 0 Å². The third kappa shape index (κ3) is 2.47. The maximum absolute atomic E-state index is 12.0. The SMILES string of the molecule is N#Cc1ccncc1C(=O)Nc1ccccc1Cl. The van der Waals surface area contributed by atoms with Crippen LogP contribution in [0.15, 0.2) is 42.7 Å². The van der Waals surface area contributed by atoms with Crippen molar-refractivity contribution in [1.82, 2.24) is 4.98 Å². The normalized spacial score (nSPS) is 9.56. The first-order valence-corrected chi connectivity index (χ1v) is 5.50. The highest BCUT2D eigenvalue weighted by molar-refractivity contribution is 6.33. The van der Waals surface area contributed by atoms with Crippen molar-refractivity contribution < 1.29 is 4.79 Å². The van der Waals surface area contributed by atoms with Gasteiger partial charge in [0.2, 0.25) is 0 Å². The molecule has 1 aromatic heterocycles. The molecule has 2 aromatic rings. The van der Waals surface area contributed by atoms with Gasteiger partial charge in [-0.25, -0.2) is 0 Å². The van der Waals surface area contributed by atoms with Crippen LogP contribution in [-0.4, -0.2) is 10.9 Å². The molecular weight excluding hydrogens is 250 g/mol. The van der Waals surface area contributed by atoms with E-state index in [0.29, 0.717) is 10.7 Å². The first-order valence-electron chi connectivity index (χ1n) is 5.12. The number of amides is 1. The lowest BCUT2D eigenvalue weighted by molar-refractivity contribution is 0.102. The molecule has 1 heterocycles. The molecule has 0 saturated carbocycles. The van der Waals surface area contributed by atoms with Crippen molar-refractivity contribution in [3.63, 3.8) is 0 Å². The zero-order valence-electron chi connectivity index (χ0n) is 9.22. The molecule has 0 fully saturated rings. The Morgan fingerprint density at radius 3 is 2.83 bits per heavy atom. The molecule has 0 spiro atoms. The van der Waals surface area contributed by atoms with Crippen LogP contribution in [0.2, 0.25) is 5.02 Å². The summed E-state index contributed by atoms with van der Waals surface area (Å²) in [5.41, 5.74) is 0.992. The van der Waals surface area contributed by atoms with E-state index in [4.69, 9.17) is 16.9 Å². The van der Waals surface area contributed by atoms with E-state index in [-0.39, 0.29) is 11.1 Å². The Hall–Kier alpha value is -2.38. The molecule has 1 N–H and O–H groups in total. The maximum Gasteiger partial charge on any atom is 0.258 e. The van der Waals surface area contributed by atoms with E-state index in [1.54, 1.807) is 24.3 Å². The first-order chi connectivity index (χ1) is 8.72. The Morgan fingerprint density at radius 1 is 1.33 bits per heavy atom. The third-order valence-corrected chi connectivity index (χ3v) is 2.64. The monoisotopic (exact) mass is 257 g/mol. The van der Waals surface area contributed by atoms with Crippen LogP contribution in [0, 0.1) is 11.3 Å². The van der Waals surface area contributed by atoms with Crippen LogP contribution in [0.4, 0.5) is 5.69 Å². The number of aromatic nitrogens is 1. The smallest absolute Gasteiger partial charge is 0.258 e. The number of nitrogens with one attached hydrogen (secondary N) is 1. The van der Waals surface area contributed by atoms with Gasteiger partial charge in [-0.1, -0.05) is 23.7 Å². The Labute approximate surface area is 109 Å². The van der Waals surface area contributed by atoms with Gasteiger partial charge in [0.05, 0.1) is 21.8 Å². The summed E-state index contributed by atoms with van der Waals surface area (Å²) in [7, 11) is 0. The summed E-state index contributed by atoms with van der Waals surface area (Å²) in [5.74, 6) is -0.409.